The Morgan fingerprint density at radius 1 is 1.07 bits per heavy atom. The van der Waals surface area contributed by atoms with Gasteiger partial charge in [0.05, 0.1) is 13.0 Å². The number of amides is 2. The molecule has 5 nitrogen and oxygen atoms in total. The van der Waals surface area contributed by atoms with E-state index < -0.39 is 0 Å². The SMILES string of the molecule is CCOc1ccc(N2CC(CNC(=O)Cc3cccc4ccccc34)CC2=O)cc1. The summed E-state index contributed by atoms with van der Waals surface area (Å²) in [5.74, 6) is 0.983. The van der Waals surface area contributed by atoms with Crippen LogP contribution in [0.3, 0.4) is 0 Å². The van der Waals surface area contributed by atoms with Crippen LogP contribution in [0.1, 0.15) is 18.9 Å². The van der Waals surface area contributed by atoms with E-state index in [9.17, 15) is 9.59 Å². The van der Waals surface area contributed by atoms with Crippen molar-refractivity contribution in [3.8, 4) is 5.75 Å². The largest absolute Gasteiger partial charge is 0.494 e. The Hall–Kier alpha value is -3.34. The summed E-state index contributed by atoms with van der Waals surface area (Å²) in [6.07, 6.45) is 0.784. The number of hydrogen-bond donors (Lipinski definition) is 1. The fraction of sp³-hybridized carbons (Fsp3) is 0.280. The molecule has 1 unspecified atom stereocenters. The van der Waals surface area contributed by atoms with E-state index in [0.717, 1.165) is 27.8 Å². The van der Waals surface area contributed by atoms with Gasteiger partial charge in [0, 0.05) is 31.1 Å². The van der Waals surface area contributed by atoms with E-state index in [1.54, 1.807) is 4.90 Å². The Kier molecular flexibility index (Phi) is 5.98. The van der Waals surface area contributed by atoms with Crippen LogP contribution in [0, 0.1) is 5.92 Å². The zero-order valence-electron chi connectivity index (χ0n) is 17.1. The van der Waals surface area contributed by atoms with Crippen LogP contribution in [-0.4, -0.2) is 31.5 Å². The van der Waals surface area contributed by atoms with Crippen LogP contribution in [0.5, 0.6) is 5.75 Å². The van der Waals surface area contributed by atoms with E-state index in [0.29, 0.717) is 32.5 Å². The number of anilines is 1. The van der Waals surface area contributed by atoms with Gasteiger partial charge in [0.1, 0.15) is 5.75 Å². The van der Waals surface area contributed by atoms with E-state index in [2.05, 4.69) is 17.4 Å². The number of fused-ring (bicyclic) bond motifs is 1. The van der Waals surface area contributed by atoms with Gasteiger partial charge in [0.2, 0.25) is 11.8 Å². The summed E-state index contributed by atoms with van der Waals surface area (Å²) in [5.41, 5.74) is 1.89. The van der Waals surface area contributed by atoms with Crippen molar-refractivity contribution in [3.05, 3.63) is 72.3 Å². The first-order chi connectivity index (χ1) is 14.6. The van der Waals surface area contributed by atoms with Crippen molar-refractivity contribution in [1.29, 1.82) is 0 Å². The number of benzene rings is 3. The molecule has 0 spiro atoms. The lowest BCUT2D eigenvalue weighted by Gasteiger charge is -2.17. The number of nitrogens with one attached hydrogen (secondary N) is 1. The van der Waals surface area contributed by atoms with Crippen molar-refractivity contribution in [2.45, 2.75) is 19.8 Å². The second-order valence-corrected chi connectivity index (χ2v) is 7.62. The normalized spacial score (nSPS) is 16.1. The fourth-order valence-corrected chi connectivity index (χ4v) is 4.00. The van der Waals surface area contributed by atoms with Gasteiger partial charge in [-0.1, -0.05) is 42.5 Å². The molecule has 1 aliphatic heterocycles. The van der Waals surface area contributed by atoms with Gasteiger partial charge in [-0.3, -0.25) is 9.59 Å². The highest BCUT2D eigenvalue weighted by Crippen LogP contribution is 2.26. The molecule has 1 N–H and O–H groups in total. The van der Waals surface area contributed by atoms with Gasteiger partial charge < -0.3 is 15.0 Å². The lowest BCUT2D eigenvalue weighted by Crippen LogP contribution is -2.32. The first kappa shape index (κ1) is 20.0. The highest BCUT2D eigenvalue weighted by Gasteiger charge is 2.30. The number of carbonyl (C=O) groups is 2. The smallest absolute Gasteiger partial charge is 0.227 e. The van der Waals surface area contributed by atoms with Gasteiger partial charge >= 0.3 is 0 Å². The average molecular weight is 402 g/mol. The van der Waals surface area contributed by atoms with E-state index in [1.807, 2.05) is 61.5 Å². The minimum absolute atomic E-state index is 0.0154. The van der Waals surface area contributed by atoms with Crippen molar-refractivity contribution in [2.24, 2.45) is 5.92 Å². The summed E-state index contributed by atoms with van der Waals surface area (Å²) in [6.45, 7) is 3.67. The number of carbonyl (C=O) groups excluding carboxylic acids is 2. The molecule has 0 aliphatic carbocycles. The Labute approximate surface area is 176 Å². The first-order valence-corrected chi connectivity index (χ1v) is 10.4. The summed E-state index contributed by atoms with van der Waals surface area (Å²) < 4.78 is 5.46. The van der Waals surface area contributed by atoms with Crippen LogP contribution in [0.15, 0.2) is 66.7 Å². The summed E-state index contributed by atoms with van der Waals surface area (Å²) in [6, 6.07) is 21.7. The molecule has 1 heterocycles. The third-order valence-electron chi connectivity index (χ3n) is 5.48. The van der Waals surface area contributed by atoms with Crippen LogP contribution < -0.4 is 15.0 Å². The lowest BCUT2D eigenvalue weighted by atomic mass is 10.0. The predicted molar refractivity (Wildman–Crippen MR) is 119 cm³/mol. The number of hydrogen-bond acceptors (Lipinski definition) is 3. The van der Waals surface area contributed by atoms with Crippen molar-refractivity contribution in [1.82, 2.24) is 5.32 Å². The highest BCUT2D eigenvalue weighted by atomic mass is 16.5. The van der Waals surface area contributed by atoms with E-state index in [4.69, 9.17) is 4.74 Å². The van der Waals surface area contributed by atoms with Crippen LogP contribution in [0.4, 0.5) is 5.69 Å². The van der Waals surface area contributed by atoms with Gasteiger partial charge in [0.25, 0.3) is 0 Å². The Morgan fingerprint density at radius 2 is 1.83 bits per heavy atom. The molecule has 0 aromatic heterocycles. The first-order valence-electron chi connectivity index (χ1n) is 10.4. The molecule has 1 fully saturated rings. The zero-order chi connectivity index (χ0) is 20.9. The van der Waals surface area contributed by atoms with E-state index >= 15 is 0 Å². The lowest BCUT2D eigenvalue weighted by molar-refractivity contribution is -0.121. The number of rotatable bonds is 7. The van der Waals surface area contributed by atoms with Gasteiger partial charge in [0.15, 0.2) is 0 Å². The van der Waals surface area contributed by atoms with Crippen molar-refractivity contribution in [2.75, 3.05) is 24.6 Å². The van der Waals surface area contributed by atoms with Gasteiger partial charge in [-0.05, 0) is 47.5 Å². The predicted octanol–water partition coefficient (Wildman–Crippen LogP) is 3.95. The number of nitrogens with zero attached hydrogens (tertiary/aromatic N) is 1. The van der Waals surface area contributed by atoms with Crippen LogP contribution >= 0.6 is 0 Å². The minimum Gasteiger partial charge on any atom is -0.494 e. The molecule has 0 saturated carbocycles. The molecule has 3 aromatic carbocycles. The van der Waals surface area contributed by atoms with Crippen molar-refractivity contribution in [3.63, 3.8) is 0 Å². The molecule has 2 amide bonds. The van der Waals surface area contributed by atoms with Gasteiger partial charge in [-0.25, -0.2) is 0 Å². The Morgan fingerprint density at radius 3 is 2.63 bits per heavy atom. The maximum absolute atomic E-state index is 12.5. The summed E-state index contributed by atoms with van der Waals surface area (Å²) in [7, 11) is 0. The molecular formula is C25H26N2O3. The maximum atomic E-state index is 12.5. The second-order valence-electron chi connectivity index (χ2n) is 7.62. The molecule has 5 heteroatoms. The van der Waals surface area contributed by atoms with Crippen LogP contribution in [0.25, 0.3) is 10.8 Å². The topological polar surface area (TPSA) is 58.6 Å². The molecule has 1 atom stereocenters. The number of ether oxygens (including phenoxy) is 1. The highest BCUT2D eigenvalue weighted by molar-refractivity contribution is 5.96. The van der Waals surface area contributed by atoms with Crippen molar-refractivity contribution >= 4 is 28.3 Å². The Bertz CT molecular complexity index is 1040. The third-order valence-corrected chi connectivity index (χ3v) is 5.48. The van der Waals surface area contributed by atoms with E-state index in [1.165, 1.54) is 0 Å². The minimum atomic E-state index is -0.0154. The van der Waals surface area contributed by atoms with Crippen molar-refractivity contribution < 1.29 is 14.3 Å². The molecular weight excluding hydrogens is 376 g/mol. The quantitative estimate of drug-likeness (QED) is 0.651. The molecule has 1 aliphatic rings. The molecule has 154 valence electrons. The summed E-state index contributed by atoms with van der Waals surface area (Å²) in [4.78, 5) is 26.8. The standard InChI is InChI=1S/C25H26N2O3/c1-2-30-22-12-10-21(11-13-22)27-17-18(14-25(27)29)16-26-24(28)15-20-8-5-7-19-6-3-4-9-23(19)20/h3-13,18H,2,14-17H2,1H3,(H,26,28). The van der Waals surface area contributed by atoms with Crippen LogP contribution in [0.2, 0.25) is 0 Å². The molecule has 1 saturated heterocycles. The summed E-state index contributed by atoms with van der Waals surface area (Å²) in [5, 5.41) is 5.26. The maximum Gasteiger partial charge on any atom is 0.227 e. The Balaban J connectivity index is 1.33. The zero-order valence-corrected chi connectivity index (χ0v) is 17.1. The molecule has 0 radical (unpaired) electrons. The van der Waals surface area contributed by atoms with Gasteiger partial charge in [-0.2, -0.15) is 0 Å². The average Bonchev–Trinajstić information content (AvgIpc) is 3.14. The summed E-state index contributed by atoms with van der Waals surface area (Å²) >= 11 is 0. The molecule has 3 aromatic rings. The fourth-order valence-electron chi connectivity index (χ4n) is 4.00. The van der Waals surface area contributed by atoms with Gasteiger partial charge in [-0.15, -0.1) is 0 Å². The molecule has 4 rings (SSSR count). The van der Waals surface area contributed by atoms with Crippen LogP contribution in [-0.2, 0) is 16.0 Å². The monoisotopic (exact) mass is 402 g/mol. The molecule has 0 bridgehead atoms. The molecule has 30 heavy (non-hydrogen) atoms. The third kappa shape index (κ3) is 4.46. The van der Waals surface area contributed by atoms with E-state index in [-0.39, 0.29) is 17.7 Å². The second kappa shape index (κ2) is 8.99.